The fraction of sp³-hybridized carbons (Fsp3) is 0.500. The molecule has 2 fully saturated rings. The van der Waals surface area contributed by atoms with Crippen molar-refractivity contribution in [2.45, 2.75) is 57.0 Å². The largest absolute Gasteiger partial charge is 0.371 e. The molecule has 0 unspecified atom stereocenters. The van der Waals surface area contributed by atoms with Crippen LogP contribution in [-0.4, -0.2) is 47.9 Å². The molecule has 0 bridgehead atoms. The fourth-order valence-electron chi connectivity index (χ4n) is 5.28. The van der Waals surface area contributed by atoms with E-state index in [2.05, 4.69) is 21.3 Å². The van der Waals surface area contributed by atoms with Gasteiger partial charge in [0.2, 0.25) is 5.91 Å². The number of piperidine rings is 1. The highest BCUT2D eigenvalue weighted by Crippen LogP contribution is 2.34. The van der Waals surface area contributed by atoms with Crippen LogP contribution in [0, 0.1) is 5.92 Å². The fourth-order valence-corrected chi connectivity index (χ4v) is 5.28. The summed E-state index contributed by atoms with van der Waals surface area (Å²) in [6, 6.07) is 10.4. The predicted molar refractivity (Wildman–Crippen MR) is 125 cm³/mol. The van der Waals surface area contributed by atoms with Crippen LogP contribution in [0.15, 0.2) is 42.7 Å². The Hall–Kier alpha value is -2.89. The highest BCUT2D eigenvalue weighted by molar-refractivity contribution is 5.94. The molecule has 1 N–H and O–H groups in total. The Morgan fingerprint density at radius 1 is 1.03 bits per heavy atom. The first-order valence-electron chi connectivity index (χ1n) is 12.0. The number of carbonyl (C=O) groups excluding carboxylic acids is 2. The molecule has 1 aliphatic heterocycles. The van der Waals surface area contributed by atoms with Crippen LogP contribution >= 0.6 is 0 Å². The molecule has 0 spiro atoms. The van der Waals surface area contributed by atoms with Crippen LogP contribution < -0.4 is 10.2 Å². The Bertz CT molecular complexity index is 981. The number of aryl methyl sites for hydroxylation is 1. The van der Waals surface area contributed by atoms with Crippen molar-refractivity contribution < 1.29 is 9.59 Å². The second-order valence-electron chi connectivity index (χ2n) is 9.48. The molecular weight excluding hydrogens is 400 g/mol. The first-order chi connectivity index (χ1) is 15.6. The third-order valence-electron chi connectivity index (χ3n) is 7.62. The molecule has 2 aliphatic carbocycles. The summed E-state index contributed by atoms with van der Waals surface area (Å²) in [6.07, 6.45) is 10.6. The van der Waals surface area contributed by atoms with E-state index in [9.17, 15) is 9.59 Å². The number of hydrogen-bond donors (Lipinski definition) is 1. The zero-order valence-electron chi connectivity index (χ0n) is 18.8. The normalized spacial score (nSPS) is 21.0. The number of anilines is 1. The Kier molecular flexibility index (Phi) is 5.85. The van der Waals surface area contributed by atoms with E-state index in [-0.39, 0.29) is 29.8 Å². The maximum atomic E-state index is 13.3. The maximum absolute atomic E-state index is 13.3. The van der Waals surface area contributed by atoms with Gasteiger partial charge in [0.25, 0.3) is 5.91 Å². The van der Waals surface area contributed by atoms with Crippen molar-refractivity contribution in [1.29, 1.82) is 0 Å². The molecule has 6 nitrogen and oxygen atoms in total. The summed E-state index contributed by atoms with van der Waals surface area (Å²) in [6.45, 7) is 1.87. The van der Waals surface area contributed by atoms with Gasteiger partial charge < -0.3 is 15.1 Å². The second-order valence-corrected chi connectivity index (χ2v) is 9.48. The summed E-state index contributed by atoms with van der Waals surface area (Å²) in [5.41, 5.74) is 4.31. The van der Waals surface area contributed by atoms with Crippen molar-refractivity contribution in [3.63, 3.8) is 0 Å². The summed E-state index contributed by atoms with van der Waals surface area (Å²) in [4.78, 5) is 34.1. The third-order valence-corrected chi connectivity index (χ3v) is 7.62. The quantitative estimate of drug-likeness (QED) is 0.782. The molecule has 1 aromatic heterocycles. The van der Waals surface area contributed by atoms with Crippen molar-refractivity contribution in [3.05, 3.63) is 59.4 Å². The lowest BCUT2D eigenvalue weighted by Crippen LogP contribution is -2.45. The van der Waals surface area contributed by atoms with E-state index < -0.39 is 0 Å². The van der Waals surface area contributed by atoms with Crippen LogP contribution in [0.25, 0.3) is 0 Å². The van der Waals surface area contributed by atoms with Crippen LogP contribution in [0.3, 0.4) is 0 Å². The van der Waals surface area contributed by atoms with Crippen LogP contribution in [-0.2, 0) is 11.2 Å². The lowest BCUT2D eigenvalue weighted by atomic mass is 9.84. The average Bonchev–Trinajstić information content (AvgIpc) is 3.19. The highest BCUT2D eigenvalue weighted by atomic mass is 16.2. The Labute approximate surface area is 190 Å². The number of nitrogens with zero attached hydrogens (tertiary/aromatic N) is 3. The lowest BCUT2D eigenvalue weighted by Gasteiger charge is -2.38. The molecule has 6 heteroatoms. The Morgan fingerprint density at radius 2 is 1.78 bits per heavy atom. The van der Waals surface area contributed by atoms with Crippen molar-refractivity contribution in [2.24, 2.45) is 5.92 Å². The summed E-state index contributed by atoms with van der Waals surface area (Å²) >= 11 is 0. The molecule has 32 heavy (non-hydrogen) atoms. The monoisotopic (exact) mass is 432 g/mol. The maximum Gasteiger partial charge on any atom is 0.253 e. The van der Waals surface area contributed by atoms with Gasteiger partial charge in [-0.15, -0.1) is 0 Å². The number of amides is 2. The van der Waals surface area contributed by atoms with Gasteiger partial charge in [0.15, 0.2) is 0 Å². The SMILES string of the molecule is CN(C(=O)c1ccc2c(c1)[C@H](NC(=O)C1CCC1)CC2)C1CCN(c2ccncc2)CC1. The zero-order valence-corrected chi connectivity index (χ0v) is 18.8. The van der Waals surface area contributed by atoms with Gasteiger partial charge in [0, 0.05) is 55.7 Å². The molecule has 2 amide bonds. The molecule has 0 radical (unpaired) electrons. The minimum atomic E-state index is 0.0414. The van der Waals surface area contributed by atoms with Crippen LogP contribution in [0.2, 0.25) is 0 Å². The summed E-state index contributed by atoms with van der Waals surface area (Å²) < 4.78 is 0. The molecule has 168 valence electrons. The van der Waals surface area contributed by atoms with Gasteiger partial charge >= 0.3 is 0 Å². The van der Waals surface area contributed by atoms with Gasteiger partial charge in [0.1, 0.15) is 0 Å². The van der Waals surface area contributed by atoms with Gasteiger partial charge in [-0.05, 0) is 73.9 Å². The van der Waals surface area contributed by atoms with Gasteiger partial charge in [-0.25, -0.2) is 0 Å². The summed E-state index contributed by atoms with van der Waals surface area (Å²) in [5, 5.41) is 3.24. The van der Waals surface area contributed by atoms with E-state index in [1.165, 1.54) is 11.3 Å². The van der Waals surface area contributed by atoms with Gasteiger partial charge in [0.05, 0.1) is 6.04 Å². The standard InChI is InChI=1S/C26H32N4O2/c1-29(21-11-15-30(16-12-21)22-9-13-27-14-10-22)26(32)20-6-5-18-7-8-24(23(18)17-20)28-25(31)19-3-2-4-19/h5-6,9-10,13-14,17,19,21,24H,2-4,7-8,11-12,15-16H2,1H3,(H,28,31)/t24-/m1/s1. The molecule has 1 saturated carbocycles. The topological polar surface area (TPSA) is 65.5 Å². The molecule has 1 saturated heterocycles. The molecule has 2 heterocycles. The van der Waals surface area contributed by atoms with E-state index in [1.807, 2.05) is 48.6 Å². The number of fused-ring (bicyclic) bond motifs is 1. The second kappa shape index (κ2) is 8.93. The summed E-state index contributed by atoms with van der Waals surface area (Å²) in [5.74, 6) is 0.447. The van der Waals surface area contributed by atoms with Crippen LogP contribution in [0.4, 0.5) is 5.69 Å². The number of hydrogen-bond acceptors (Lipinski definition) is 4. The van der Waals surface area contributed by atoms with Crippen molar-refractivity contribution >= 4 is 17.5 Å². The number of benzene rings is 1. The number of nitrogens with one attached hydrogen (secondary N) is 1. The van der Waals surface area contributed by atoms with E-state index in [4.69, 9.17) is 0 Å². The first kappa shape index (κ1) is 21.0. The van der Waals surface area contributed by atoms with Crippen molar-refractivity contribution in [3.8, 4) is 0 Å². The molecule has 1 atom stereocenters. The van der Waals surface area contributed by atoms with E-state index in [0.29, 0.717) is 0 Å². The number of rotatable bonds is 5. The minimum Gasteiger partial charge on any atom is -0.371 e. The first-order valence-corrected chi connectivity index (χ1v) is 12.0. The Balaban J connectivity index is 1.23. The minimum absolute atomic E-state index is 0.0414. The van der Waals surface area contributed by atoms with Gasteiger partial charge in [-0.3, -0.25) is 14.6 Å². The van der Waals surface area contributed by atoms with E-state index in [0.717, 1.165) is 69.2 Å². The third kappa shape index (κ3) is 4.10. The molecular formula is C26H32N4O2. The molecule has 3 aliphatic rings. The molecule has 2 aromatic rings. The molecule has 5 rings (SSSR count). The number of aromatic nitrogens is 1. The van der Waals surface area contributed by atoms with Crippen molar-refractivity contribution in [2.75, 3.05) is 25.0 Å². The highest BCUT2D eigenvalue weighted by Gasteiger charge is 2.31. The average molecular weight is 433 g/mol. The number of carbonyl (C=O) groups is 2. The van der Waals surface area contributed by atoms with Crippen LogP contribution in [0.1, 0.15) is 66.1 Å². The van der Waals surface area contributed by atoms with Crippen LogP contribution in [0.5, 0.6) is 0 Å². The van der Waals surface area contributed by atoms with E-state index in [1.54, 1.807) is 0 Å². The van der Waals surface area contributed by atoms with Gasteiger partial charge in [-0.1, -0.05) is 12.5 Å². The molecule has 1 aromatic carbocycles. The van der Waals surface area contributed by atoms with Gasteiger partial charge in [-0.2, -0.15) is 0 Å². The predicted octanol–water partition coefficient (Wildman–Crippen LogP) is 3.73. The van der Waals surface area contributed by atoms with E-state index >= 15 is 0 Å². The Morgan fingerprint density at radius 3 is 2.47 bits per heavy atom. The number of pyridine rings is 1. The lowest BCUT2D eigenvalue weighted by molar-refractivity contribution is -0.128. The summed E-state index contributed by atoms with van der Waals surface area (Å²) in [7, 11) is 1.93. The van der Waals surface area contributed by atoms with Crippen molar-refractivity contribution in [1.82, 2.24) is 15.2 Å². The zero-order chi connectivity index (χ0) is 22.1. The smallest absolute Gasteiger partial charge is 0.253 e.